The molecule has 0 aliphatic carbocycles. The zero-order valence-electron chi connectivity index (χ0n) is 16.4. The molecule has 4 amide bonds. The van der Waals surface area contributed by atoms with Crippen LogP contribution >= 0.6 is 0 Å². The summed E-state index contributed by atoms with van der Waals surface area (Å²) in [5, 5.41) is 14.8. The molecule has 2 aromatic rings. The second-order valence-electron chi connectivity index (χ2n) is 7.27. The first-order valence-corrected chi connectivity index (χ1v) is 9.24. The van der Waals surface area contributed by atoms with Crippen molar-refractivity contribution in [2.75, 3.05) is 13.7 Å². The highest BCUT2D eigenvalue weighted by molar-refractivity contribution is 6.10. The lowest BCUT2D eigenvalue weighted by Crippen LogP contribution is -2.54. The lowest BCUT2D eigenvalue weighted by atomic mass is 9.98. The number of phenolic OH excluding ortho intramolecular Hbond substituents is 1. The minimum Gasteiger partial charge on any atom is -0.507 e. The van der Waals surface area contributed by atoms with Crippen LogP contribution in [-0.4, -0.2) is 47.0 Å². The third-order valence-electron chi connectivity index (χ3n) is 5.13. The zero-order chi connectivity index (χ0) is 21.5. The number of nitrogens with zero attached hydrogens (tertiary/aromatic N) is 1. The van der Waals surface area contributed by atoms with E-state index in [1.54, 1.807) is 30.3 Å². The smallest absolute Gasteiger partial charge is 0.323 e. The van der Waals surface area contributed by atoms with Crippen LogP contribution in [-0.2, 0) is 11.3 Å². The van der Waals surface area contributed by atoms with Crippen molar-refractivity contribution in [3.8, 4) is 23.3 Å². The first-order chi connectivity index (χ1) is 14.3. The Bertz CT molecular complexity index is 1150. The summed E-state index contributed by atoms with van der Waals surface area (Å²) in [7, 11) is 1.52. The normalized spacial score (nSPS) is 19.7. The fourth-order valence-corrected chi connectivity index (χ4v) is 3.54. The first kappa shape index (κ1) is 19.3. The van der Waals surface area contributed by atoms with Gasteiger partial charge < -0.3 is 20.1 Å². The summed E-state index contributed by atoms with van der Waals surface area (Å²) in [6, 6.07) is 9.43. The number of rotatable bonds is 3. The SMILES string of the molecule is COc1ccc2c(c1)C(=O)N(C[C@@]1(C#Cc3cc(C)ccc3O)NC(=O)NC1=O)C2. The third kappa shape index (κ3) is 3.31. The molecule has 1 saturated heterocycles. The summed E-state index contributed by atoms with van der Waals surface area (Å²) < 4.78 is 5.18. The molecule has 4 rings (SSSR count). The summed E-state index contributed by atoms with van der Waals surface area (Å²) in [5.41, 5.74) is 0.854. The van der Waals surface area contributed by atoms with E-state index in [9.17, 15) is 19.5 Å². The largest absolute Gasteiger partial charge is 0.507 e. The minimum atomic E-state index is -1.63. The molecule has 2 aliphatic heterocycles. The van der Waals surface area contributed by atoms with E-state index in [4.69, 9.17) is 4.74 Å². The van der Waals surface area contributed by atoms with Crippen molar-refractivity contribution in [1.82, 2.24) is 15.5 Å². The van der Waals surface area contributed by atoms with Gasteiger partial charge in [-0.3, -0.25) is 14.9 Å². The Morgan fingerprint density at radius 3 is 2.70 bits per heavy atom. The van der Waals surface area contributed by atoms with E-state index < -0.39 is 17.5 Å². The minimum absolute atomic E-state index is 0.0373. The molecule has 8 heteroatoms. The quantitative estimate of drug-likeness (QED) is 0.527. The summed E-state index contributed by atoms with van der Waals surface area (Å²) in [4.78, 5) is 38.9. The number of benzene rings is 2. The average Bonchev–Trinajstić information content (AvgIpc) is 3.18. The van der Waals surface area contributed by atoms with Crippen molar-refractivity contribution < 1.29 is 24.2 Å². The number of nitrogens with one attached hydrogen (secondary N) is 2. The number of imide groups is 1. The summed E-state index contributed by atoms with van der Waals surface area (Å²) in [6.45, 7) is 1.99. The fourth-order valence-electron chi connectivity index (χ4n) is 3.54. The van der Waals surface area contributed by atoms with Gasteiger partial charge >= 0.3 is 6.03 Å². The highest BCUT2D eigenvalue weighted by Gasteiger charge is 2.48. The Hall–Kier alpha value is -3.99. The Morgan fingerprint density at radius 1 is 1.20 bits per heavy atom. The van der Waals surface area contributed by atoms with Gasteiger partial charge in [-0.15, -0.1) is 0 Å². The van der Waals surface area contributed by atoms with E-state index in [0.29, 0.717) is 16.9 Å². The lowest BCUT2D eigenvalue weighted by molar-refractivity contribution is -0.122. The number of aryl methyl sites for hydroxylation is 1. The molecular formula is C22H19N3O5. The molecule has 2 aromatic carbocycles. The van der Waals surface area contributed by atoms with E-state index in [1.807, 2.05) is 6.92 Å². The van der Waals surface area contributed by atoms with Gasteiger partial charge in [-0.05, 0) is 42.3 Å². The zero-order valence-corrected chi connectivity index (χ0v) is 16.4. The molecule has 0 bridgehead atoms. The number of amides is 4. The predicted molar refractivity (Wildman–Crippen MR) is 107 cm³/mol. The molecule has 30 heavy (non-hydrogen) atoms. The van der Waals surface area contributed by atoms with Crippen LogP contribution in [0, 0.1) is 18.8 Å². The van der Waals surface area contributed by atoms with E-state index in [1.165, 1.54) is 18.1 Å². The predicted octanol–water partition coefficient (Wildman–Crippen LogP) is 1.29. The van der Waals surface area contributed by atoms with Gasteiger partial charge in [-0.25, -0.2) is 4.79 Å². The van der Waals surface area contributed by atoms with E-state index in [2.05, 4.69) is 22.5 Å². The van der Waals surface area contributed by atoms with Crippen molar-refractivity contribution in [3.63, 3.8) is 0 Å². The van der Waals surface area contributed by atoms with Gasteiger partial charge in [0.2, 0.25) is 5.54 Å². The van der Waals surface area contributed by atoms with Crippen LogP contribution in [0.5, 0.6) is 11.5 Å². The Kier molecular flexibility index (Phi) is 4.59. The van der Waals surface area contributed by atoms with Crippen molar-refractivity contribution in [2.24, 2.45) is 0 Å². The summed E-state index contributed by atoms with van der Waals surface area (Å²) in [5.74, 6) is 5.16. The molecule has 0 aromatic heterocycles. The van der Waals surface area contributed by atoms with Gasteiger partial charge in [-0.1, -0.05) is 24.0 Å². The lowest BCUT2D eigenvalue weighted by Gasteiger charge is -2.26. The number of fused-ring (bicyclic) bond motifs is 1. The molecule has 152 valence electrons. The molecule has 3 N–H and O–H groups in total. The van der Waals surface area contributed by atoms with Crippen molar-refractivity contribution in [2.45, 2.75) is 19.0 Å². The Labute approximate surface area is 172 Å². The number of methoxy groups -OCH3 is 1. The van der Waals surface area contributed by atoms with Crippen LogP contribution in [0.25, 0.3) is 0 Å². The topological polar surface area (TPSA) is 108 Å². The number of ether oxygens (including phenoxy) is 1. The molecule has 0 radical (unpaired) electrons. The third-order valence-corrected chi connectivity index (χ3v) is 5.13. The van der Waals surface area contributed by atoms with Crippen molar-refractivity contribution in [3.05, 3.63) is 58.7 Å². The second-order valence-corrected chi connectivity index (χ2v) is 7.27. The van der Waals surface area contributed by atoms with Gasteiger partial charge in [0.05, 0.1) is 19.2 Å². The van der Waals surface area contributed by atoms with Crippen LogP contribution < -0.4 is 15.4 Å². The number of aromatic hydroxyl groups is 1. The number of urea groups is 1. The number of carbonyl (C=O) groups is 3. The summed E-state index contributed by atoms with van der Waals surface area (Å²) in [6.07, 6.45) is 0. The van der Waals surface area contributed by atoms with E-state index in [0.717, 1.165) is 11.1 Å². The van der Waals surface area contributed by atoms with Gasteiger partial charge in [0.25, 0.3) is 11.8 Å². The Morgan fingerprint density at radius 2 is 2.00 bits per heavy atom. The average molecular weight is 405 g/mol. The van der Waals surface area contributed by atoms with Crippen LogP contribution in [0.15, 0.2) is 36.4 Å². The van der Waals surface area contributed by atoms with E-state index >= 15 is 0 Å². The number of carbonyl (C=O) groups excluding carboxylic acids is 3. The van der Waals surface area contributed by atoms with Gasteiger partial charge in [-0.2, -0.15) is 0 Å². The molecule has 0 saturated carbocycles. The fraction of sp³-hybridized carbons (Fsp3) is 0.227. The molecule has 2 aliphatic rings. The molecule has 0 spiro atoms. The van der Waals surface area contributed by atoms with E-state index in [-0.39, 0.29) is 24.7 Å². The molecule has 8 nitrogen and oxygen atoms in total. The van der Waals surface area contributed by atoms with Crippen LogP contribution in [0.3, 0.4) is 0 Å². The van der Waals surface area contributed by atoms with Gasteiger partial charge in [0, 0.05) is 12.1 Å². The van der Waals surface area contributed by atoms with Crippen LogP contribution in [0.1, 0.15) is 27.0 Å². The standard InChI is InChI=1S/C22H19N3O5/c1-13-3-6-18(26)14(9-13)7-8-22(20(28)23-21(29)24-22)12-25-11-15-4-5-16(30-2)10-17(15)19(25)27/h3-6,9-10,26H,11-12H2,1-2H3,(H2,23,24,28,29)/t22-/m1/s1. The first-order valence-electron chi connectivity index (χ1n) is 9.24. The van der Waals surface area contributed by atoms with Crippen molar-refractivity contribution >= 4 is 17.8 Å². The molecule has 2 heterocycles. The van der Waals surface area contributed by atoms with Crippen LogP contribution in [0.2, 0.25) is 0 Å². The highest BCUT2D eigenvalue weighted by atomic mass is 16.5. The maximum absolute atomic E-state index is 12.9. The Balaban J connectivity index is 1.67. The van der Waals surface area contributed by atoms with Crippen molar-refractivity contribution in [1.29, 1.82) is 0 Å². The van der Waals surface area contributed by atoms with Gasteiger partial charge in [0.1, 0.15) is 11.5 Å². The summed E-state index contributed by atoms with van der Waals surface area (Å²) >= 11 is 0. The van der Waals surface area contributed by atoms with Crippen LogP contribution in [0.4, 0.5) is 4.79 Å². The monoisotopic (exact) mass is 405 g/mol. The molecule has 1 atom stereocenters. The highest BCUT2D eigenvalue weighted by Crippen LogP contribution is 2.28. The number of phenols is 1. The maximum atomic E-state index is 12.9. The second kappa shape index (κ2) is 7.12. The maximum Gasteiger partial charge on any atom is 0.323 e. The van der Waals surface area contributed by atoms with Gasteiger partial charge in [0.15, 0.2) is 0 Å². The molecule has 0 unspecified atom stereocenters. The number of hydrogen-bond donors (Lipinski definition) is 3. The molecular weight excluding hydrogens is 386 g/mol. The molecule has 1 fully saturated rings. The number of hydrogen-bond acceptors (Lipinski definition) is 5.